The second-order valence-corrected chi connectivity index (χ2v) is 9.37. The predicted molar refractivity (Wildman–Crippen MR) is 80.1 cm³/mol. The normalized spacial score (nSPS) is 61.8. The molecule has 0 heterocycles. The molecule has 1 nitrogen and oxygen atoms in total. The van der Waals surface area contributed by atoms with Crippen molar-refractivity contribution in [1.82, 2.24) is 4.90 Å². The maximum Gasteiger partial charge on any atom is 0.0160 e. The van der Waals surface area contributed by atoms with Crippen LogP contribution in [0.25, 0.3) is 0 Å². The molecule has 8 unspecified atom stereocenters. The average Bonchev–Trinajstić information content (AvgIpc) is 2.98. The van der Waals surface area contributed by atoms with Gasteiger partial charge in [0.05, 0.1) is 0 Å². The lowest BCUT2D eigenvalue weighted by molar-refractivity contribution is -0.0244. The molecule has 0 radical (unpaired) electrons. The first-order valence-corrected chi connectivity index (χ1v) is 9.55. The van der Waals surface area contributed by atoms with Crippen molar-refractivity contribution in [2.24, 2.45) is 53.3 Å². The van der Waals surface area contributed by atoms with Crippen LogP contribution in [0.2, 0.25) is 0 Å². The van der Waals surface area contributed by atoms with E-state index in [2.05, 4.69) is 11.9 Å². The fourth-order valence-electron chi connectivity index (χ4n) is 8.91. The molecule has 0 aliphatic heterocycles. The molecule has 0 aromatic rings. The van der Waals surface area contributed by atoms with Crippen LogP contribution in [0.5, 0.6) is 0 Å². The van der Waals surface area contributed by atoms with Crippen molar-refractivity contribution in [3.63, 3.8) is 0 Å². The maximum atomic E-state index is 2.89. The SMILES string of the molecule is CN(CC1CCCCC1)[C@@H]1C2C3CC4C5C3CC2C5C41. The smallest absolute Gasteiger partial charge is 0.0160 e. The van der Waals surface area contributed by atoms with E-state index in [0.717, 1.165) is 23.8 Å². The summed E-state index contributed by atoms with van der Waals surface area (Å²) < 4.78 is 0. The maximum absolute atomic E-state index is 2.89. The Bertz CT molecular complexity index is 433. The van der Waals surface area contributed by atoms with Gasteiger partial charge in [-0.2, -0.15) is 0 Å². The first-order chi connectivity index (χ1) is 9.84. The Hall–Kier alpha value is -0.0400. The van der Waals surface area contributed by atoms with Crippen LogP contribution in [0, 0.1) is 53.3 Å². The third-order valence-electron chi connectivity index (χ3n) is 9.06. The topological polar surface area (TPSA) is 3.24 Å². The highest BCUT2D eigenvalue weighted by Gasteiger charge is 2.80. The molecule has 20 heavy (non-hydrogen) atoms. The van der Waals surface area contributed by atoms with Gasteiger partial charge >= 0.3 is 0 Å². The van der Waals surface area contributed by atoms with Crippen molar-refractivity contribution in [1.29, 1.82) is 0 Å². The minimum Gasteiger partial charge on any atom is -0.303 e. The number of fused-ring (bicyclic) bond motifs is 2. The van der Waals surface area contributed by atoms with E-state index in [1.165, 1.54) is 74.2 Å². The lowest BCUT2D eigenvalue weighted by Crippen LogP contribution is -2.52. The molecule has 6 aliphatic carbocycles. The highest BCUT2D eigenvalue weighted by Crippen LogP contribution is 2.83. The summed E-state index contributed by atoms with van der Waals surface area (Å²) in [5, 5.41) is 0. The van der Waals surface area contributed by atoms with Crippen molar-refractivity contribution in [3.8, 4) is 0 Å². The van der Waals surface area contributed by atoms with Crippen molar-refractivity contribution in [2.45, 2.75) is 51.0 Å². The molecule has 6 rings (SSSR count). The highest BCUT2D eigenvalue weighted by atomic mass is 15.2. The van der Waals surface area contributed by atoms with E-state index in [0.29, 0.717) is 0 Å². The predicted octanol–water partition coefficient (Wildman–Crippen LogP) is 3.64. The van der Waals surface area contributed by atoms with Gasteiger partial charge in [0.25, 0.3) is 0 Å². The van der Waals surface area contributed by atoms with Gasteiger partial charge in [-0.1, -0.05) is 19.3 Å². The van der Waals surface area contributed by atoms with Crippen molar-refractivity contribution in [2.75, 3.05) is 13.6 Å². The van der Waals surface area contributed by atoms with E-state index >= 15 is 0 Å². The summed E-state index contributed by atoms with van der Waals surface area (Å²) in [7, 11) is 2.50. The third-order valence-corrected chi connectivity index (χ3v) is 9.06. The Morgan fingerprint density at radius 2 is 1.45 bits per heavy atom. The van der Waals surface area contributed by atoms with Gasteiger partial charge in [-0.05, 0) is 86.0 Å². The lowest BCUT2D eigenvalue weighted by Gasteiger charge is -2.50. The third kappa shape index (κ3) is 1.12. The van der Waals surface area contributed by atoms with E-state index in [1.807, 2.05) is 0 Å². The van der Waals surface area contributed by atoms with Gasteiger partial charge in [-0.15, -0.1) is 0 Å². The number of hydrogen-bond acceptors (Lipinski definition) is 1. The van der Waals surface area contributed by atoms with Crippen LogP contribution < -0.4 is 0 Å². The van der Waals surface area contributed by atoms with Gasteiger partial charge in [-0.25, -0.2) is 0 Å². The molecule has 6 saturated carbocycles. The second kappa shape index (κ2) is 3.65. The van der Waals surface area contributed by atoms with E-state index in [4.69, 9.17) is 0 Å². The monoisotopic (exact) mass is 271 g/mol. The molecule has 6 fully saturated rings. The summed E-state index contributed by atoms with van der Waals surface area (Å²) in [4.78, 5) is 2.89. The van der Waals surface area contributed by atoms with Gasteiger partial charge in [-0.3, -0.25) is 0 Å². The molecule has 0 spiro atoms. The molecule has 2 bridgehead atoms. The molecule has 0 amide bonds. The fourth-order valence-corrected chi connectivity index (χ4v) is 8.91. The van der Waals surface area contributed by atoms with Crippen LogP contribution >= 0.6 is 0 Å². The molecular weight excluding hydrogens is 242 g/mol. The largest absolute Gasteiger partial charge is 0.303 e. The Balaban J connectivity index is 1.25. The van der Waals surface area contributed by atoms with E-state index in [-0.39, 0.29) is 0 Å². The summed E-state index contributed by atoms with van der Waals surface area (Å²) in [6, 6.07) is 1.03. The Kier molecular flexibility index (Phi) is 2.10. The van der Waals surface area contributed by atoms with Crippen LogP contribution in [0.15, 0.2) is 0 Å². The zero-order valence-electron chi connectivity index (χ0n) is 12.9. The zero-order valence-corrected chi connectivity index (χ0v) is 12.9. The molecule has 0 aromatic carbocycles. The summed E-state index contributed by atoms with van der Waals surface area (Å²) in [5.41, 5.74) is 0. The molecular formula is C19H29N. The minimum absolute atomic E-state index is 1.03. The minimum atomic E-state index is 1.03. The van der Waals surface area contributed by atoms with Gasteiger partial charge in [0.1, 0.15) is 0 Å². The molecule has 0 N–H and O–H groups in total. The molecule has 110 valence electrons. The summed E-state index contributed by atoms with van der Waals surface area (Å²) in [6.45, 7) is 1.44. The van der Waals surface area contributed by atoms with Crippen LogP contribution in [0.4, 0.5) is 0 Å². The molecule has 0 saturated heterocycles. The zero-order chi connectivity index (χ0) is 13.0. The van der Waals surface area contributed by atoms with E-state index in [9.17, 15) is 0 Å². The Morgan fingerprint density at radius 1 is 0.750 bits per heavy atom. The molecule has 6 aliphatic rings. The Labute approximate surface area is 123 Å². The van der Waals surface area contributed by atoms with Crippen LogP contribution in [0.1, 0.15) is 44.9 Å². The molecule has 9 atom stereocenters. The first-order valence-electron chi connectivity index (χ1n) is 9.55. The van der Waals surface area contributed by atoms with Crippen molar-refractivity contribution < 1.29 is 0 Å². The standard InChI is InChI=1S/C19H29N/c1-20(9-10-5-3-2-4-6-10)19-16-12-8-13-15-11(12)7-14(16)17(15)18(13)19/h10-19H,2-9H2,1H3/t11?,12?,13?,14?,15?,16?,17?,18?,19-/m1/s1. The first kappa shape index (κ1) is 11.5. The van der Waals surface area contributed by atoms with Crippen LogP contribution in [0.3, 0.4) is 0 Å². The number of nitrogens with zero attached hydrogens (tertiary/aromatic N) is 1. The fraction of sp³-hybridized carbons (Fsp3) is 1.00. The van der Waals surface area contributed by atoms with Gasteiger partial charge < -0.3 is 4.90 Å². The van der Waals surface area contributed by atoms with E-state index < -0.39 is 0 Å². The van der Waals surface area contributed by atoms with Crippen LogP contribution in [-0.2, 0) is 0 Å². The second-order valence-electron chi connectivity index (χ2n) is 9.37. The summed E-state index contributed by atoms with van der Waals surface area (Å²) >= 11 is 0. The number of rotatable bonds is 3. The van der Waals surface area contributed by atoms with Gasteiger partial charge in [0.2, 0.25) is 0 Å². The number of hydrogen-bond donors (Lipinski definition) is 0. The van der Waals surface area contributed by atoms with Crippen molar-refractivity contribution >= 4 is 0 Å². The summed E-state index contributed by atoms with van der Waals surface area (Å²) in [6.07, 6.45) is 10.9. The quantitative estimate of drug-likeness (QED) is 0.757. The van der Waals surface area contributed by atoms with Gasteiger partial charge in [0, 0.05) is 12.6 Å². The van der Waals surface area contributed by atoms with E-state index in [1.54, 1.807) is 12.8 Å². The molecule has 1 heteroatoms. The average molecular weight is 271 g/mol. The molecule has 0 aromatic heterocycles. The van der Waals surface area contributed by atoms with Gasteiger partial charge in [0.15, 0.2) is 0 Å². The lowest BCUT2D eigenvalue weighted by atomic mass is 9.58. The van der Waals surface area contributed by atoms with Crippen LogP contribution in [-0.4, -0.2) is 24.5 Å². The van der Waals surface area contributed by atoms with Crippen molar-refractivity contribution in [3.05, 3.63) is 0 Å². The highest BCUT2D eigenvalue weighted by molar-refractivity contribution is 5.29. The summed E-state index contributed by atoms with van der Waals surface area (Å²) in [5.74, 6) is 10.6. The Morgan fingerprint density at radius 3 is 2.25 bits per heavy atom.